The Balaban J connectivity index is 0. The van der Waals surface area contributed by atoms with E-state index in [9.17, 15) is 8.42 Å². The maximum atomic E-state index is 9.71. The van der Waals surface area contributed by atoms with Crippen LogP contribution in [0.1, 0.15) is 0 Å². The summed E-state index contributed by atoms with van der Waals surface area (Å²) in [6.07, 6.45) is 0. The van der Waals surface area contributed by atoms with Crippen LogP contribution in [0.2, 0.25) is 0 Å². The van der Waals surface area contributed by atoms with E-state index in [1.54, 1.807) is 0 Å². The molecule has 0 radical (unpaired) electrons. The molecule has 6 heteroatoms. The Labute approximate surface area is 70.5 Å². The second-order valence-electron chi connectivity index (χ2n) is 1.07. The van der Waals surface area contributed by atoms with Gasteiger partial charge in [0.05, 0.1) is 5.75 Å². The Morgan fingerprint density at radius 2 is 1.88 bits per heavy atom. The summed E-state index contributed by atoms with van der Waals surface area (Å²) < 4.78 is 27.3. The van der Waals surface area contributed by atoms with Gasteiger partial charge in [0, 0.05) is 6.54 Å². The SMILES string of the molecule is NCCS(=O)(=O)O.[Na+]. The van der Waals surface area contributed by atoms with Crippen LogP contribution in [-0.4, -0.2) is 25.3 Å². The molecule has 44 valence electrons. The Hall–Kier alpha value is 0.870. The van der Waals surface area contributed by atoms with E-state index >= 15 is 0 Å². The van der Waals surface area contributed by atoms with Gasteiger partial charge >= 0.3 is 29.6 Å². The molecule has 0 aliphatic carbocycles. The fraction of sp³-hybridized carbons (Fsp3) is 1.00. The van der Waals surface area contributed by atoms with Gasteiger partial charge < -0.3 is 5.73 Å². The smallest absolute Gasteiger partial charge is 0.329 e. The molecular formula is C2H7NNaO3S+. The van der Waals surface area contributed by atoms with Crippen LogP contribution < -0.4 is 35.3 Å². The molecular weight excluding hydrogens is 141 g/mol. The molecule has 0 atom stereocenters. The molecule has 4 nitrogen and oxygen atoms in total. The van der Waals surface area contributed by atoms with E-state index in [1.807, 2.05) is 0 Å². The quantitative estimate of drug-likeness (QED) is 0.307. The van der Waals surface area contributed by atoms with Gasteiger partial charge in [0.2, 0.25) is 0 Å². The zero-order valence-corrected chi connectivity index (χ0v) is 7.48. The molecule has 0 aromatic rings. The predicted octanol–water partition coefficient (Wildman–Crippen LogP) is -4.16. The summed E-state index contributed by atoms with van der Waals surface area (Å²) in [4.78, 5) is 0. The summed E-state index contributed by atoms with van der Waals surface area (Å²) in [5, 5.41) is 0. The number of nitrogens with two attached hydrogens (primary N) is 1. The first kappa shape index (κ1) is 11.6. The van der Waals surface area contributed by atoms with Gasteiger partial charge in [-0.25, -0.2) is 0 Å². The topological polar surface area (TPSA) is 80.4 Å². The van der Waals surface area contributed by atoms with Crippen LogP contribution in [0.15, 0.2) is 0 Å². The minimum absolute atomic E-state index is 0. The van der Waals surface area contributed by atoms with Crippen molar-refractivity contribution in [2.45, 2.75) is 0 Å². The van der Waals surface area contributed by atoms with Crippen molar-refractivity contribution in [3.8, 4) is 0 Å². The van der Waals surface area contributed by atoms with Crippen molar-refractivity contribution in [2.24, 2.45) is 5.73 Å². The maximum absolute atomic E-state index is 9.71. The fourth-order valence-corrected chi connectivity index (χ4v) is 0.447. The molecule has 0 saturated heterocycles. The van der Waals surface area contributed by atoms with Crippen molar-refractivity contribution in [1.82, 2.24) is 0 Å². The van der Waals surface area contributed by atoms with Crippen LogP contribution in [0, 0.1) is 0 Å². The van der Waals surface area contributed by atoms with Gasteiger partial charge in [-0.1, -0.05) is 0 Å². The molecule has 0 amide bonds. The average molecular weight is 148 g/mol. The Morgan fingerprint density at radius 1 is 1.50 bits per heavy atom. The molecule has 0 saturated carbocycles. The van der Waals surface area contributed by atoms with E-state index in [0.29, 0.717) is 0 Å². The van der Waals surface area contributed by atoms with E-state index in [-0.39, 0.29) is 41.9 Å². The van der Waals surface area contributed by atoms with E-state index in [1.165, 1.54) is 0 Å². The zero-order valence-electron chi connectivity index (χ0n) is 4.66. The maximum Gasteiger partial charge on any atom is 1.00 e. The van der Waals surface area contributed by atoms with Crippen molar-refractivity contribution in [1.29, 1.82) is 0 Å². The first-order valence-corrected chi connectivity index (χ1v) is 3.32. The van der Waals surface area contributed by atoms with Gasteiger partial charge in [0.25, 0.3) is 10.1 Å². The number of hydrogen-bond donors (Lipinski definition) is 2. The molecule has 0 spiro atoms. The van der Waals surface area contributed by atoms with Gasteiger partial charge in [-0.3, -0.25) is 4.55 Å². The summed E-state index contributed by atoms with van der Waals surface area (Å²) >= 11 is 0. The monoisotopic (exact) mass is 148 g/mol. The molecule has 8 heavy (non-hydrogen) atoms. The molecule has 0 aromatic carbocycles. The van der Waals surface area contributed by atoms with Crippen molar-refractivity contribution >= 4 is 10.1 Å². The molecule has 0 rings (SSSR count). The molecule has 3 N–H and O–H groups in total. The van der Waals surface area contributed by atoms with Gasteiger partial charge in [0.1, 0.15) is 0 Å². The first-order valence-electron chi connectivity index (χ1n) is 1.71. The van der Waals surface area contributed by atoms with Gasteiger partial charge in [-0.2, -0.15) is 8.42 Å². The van der Waals surface area contributed by atoms with E-state index < -0.39 is 10.1 Å². The van der Waals surface area contributed by atoms with Crippen molar-refractivity contribution in [3.05, 3.63) is 0 Å². The summed E-state index contributed by atoms with van der Waals surface area (Å²) in [5.74, 6) is -0.354. The zero-order chi connectivity index (χ0) is 5.91. The van der Waals surface area contributed by atoms with E-state index in [4.69, 9.17) is 10.3 Å². The molecule has 0 aliphatic heterocycles. The van der Waals surface area contributed by atoms with Crippen LogP contribution in [0.3, 0.4) is 0 Å². The summed E-state index contributed by atoms with van der Waals surface area (Å²) in [7, 11) is -3.80. The Kier molecular flexibility index (Phi) is 6.87. The second-order valence-corrected chi connectivity index (χ2v) is 2.65. The first-order chi connectivity index (χ1) is 3.06. The fourth-order valence-electron chi connectivity index (χ4n) is 0.149. The minimum Gasteiger partial charge on any atom is -0.329 e. The molecule has 0 bridgehead atoms. The molecule has 0 fully saturated rings. The van der Waals surface area contributed by atoms with Gasteiger partial charge in [0.15, 0.2) is 0 Å². The van der Waals surface area contributed by atoms with Crippen LogP contribution >= 0.6 is 0 Å². The van der Waals surface area contributed by atoms with E-state index in [2.05, 4.69) is 0 Å². The minimum atomic E-state index is -3.80. The van der Waals surface area contributed by atoms with Crippen molar-refractivity contribution in [3.63, 3.8) is 0 Å². The molecule has 0 aliphatic rings. The predicted molar refractivity (Wildman–Crippen MR) is 25.5 cm³/mol. The standard InChI is InChI=1S/C2H7NO3S.Na/c3-1-2-7(4,5)6;/h1-3H2,(H,4,5,6);/q;+1. The van der Waals surface area contributed by atoms with Crippen LogP contribution in [0.4, 0.5) is 0 Å². The van der Waals surface area contributed by atoms with Crippen LogP contribution in [-0.2, 0) is 10.1 Å². The Morgan fingerprint density at radius 3 is 1.88 bits per heavy atom. The Bertz CT molecular complexity index is 130. The largest absolute Gasteiger partial charge is 1.00 e. The number of rotatable bonds is 2. The third kappa shape index (κ3) is 9.98. The summed E-state index contributed by atoms with van der Waals surface area (Å²) in [5.41, 5.74) is 4.78. The summed E-state index contributed by atoms with van der Waals surface area (Å²) in [6, 6.07) is 0. The molecule has 0 heterocycles. The van der Waals surface area contributed by atoms with E-state index in [0.717, 1.165) is 0 Å². The van der Waals surface area contributed by atoms with Crippen LogP contribution in [0.25, 0.3) is 0 Å². The van der Waals surface area contributed by atoms with Crippen molar-refractivity contribution < 1.29 is 42.5 Å². The number of hydrogen-bond acceptors (Lipinski definition) is 3. The second kappa shape index (κ2) is 4.72. The van der Waals surface area contributed by atoms with Gasteiger partial charge in [-0.05, 0) is 0 Å². The van der Waals surface area contributed by atoms with Crippen LogP contribution in [0.5, 0.6) is 0 Å². The van der Waals surface area contributed by atoms with Gasteiger partial charge in [-0.15, -0.1) is 0 Å². The van der Waals surface area contributed by atoms with Crippen molar-refractivity contribution in [2.75, 3.05) is 12.3 Å². The third-order valence-electron chi connectivity index (χ3n) is 0.376. The summed E-state index contributed by atoms with van der Waals surface area (Å²) in [6.45, 7) is -0.0289. The normalized spacial score (nSPS) is 10.2. The molecule has 0 aromatic heterocycles. The third-order valence-corrected chi connectivity index (χ3v) is 1.13. The molecule has 0 unspecified atom stereocenters. The average Bonchev–Trinajstić information content (AvgIpc) is 1.30.